The first-order valence-electron chi connectivity index (χ1n) is 0. The summed E-state index contributed by atoms with van der Waals surface area (Å²) in [6.07, 6.45) is 0. The Morgan fingerprint density at radius 2 is 0.0476 bits per heavy atom. The van der Waals surface area contributed by atoms with Gasteiger partial charge in [0.2, 0.25) is 0 Å². The molecule has 21 heavy (non-hydrogen) atoms. The zero-order valence-electron chi connectivity index (χ0n) is 0. The van der Waals surface area contributed by atoms with Gasteiger partial charge in [-0.25, -0.2) is 0 Å². The molecule has 0 N–H and O–H groups in total. The van der Waals surface area contributed by atoms with Crippen molar-refractivity contribution in [2.24, 2.45) is 0 Å². The summed E-state index contributed by atoms with van der Waals surface area (Å²) < 4.78 is 0. The molecule has 0 aromatic heterocycles. The fourth-order valence-corrected chi connectivity index (χ4v) is 0. The number of hydrogen-bond acceptors (Lipinski definition) is 0. The summed E-state index contributed by atoms with van der Waals surface area (Å²) in [6, 6.07) is 0. The van der Waals surface area contributed by atoms with E-state index >= 15 is 0 Å². The molecule has 0 aliphatic heterocycles. The Hall–Kier alpha value is 0. The maximum Gasteiger partial charge on any atom is -0.0776 e. The summed E-state index contributed by atoms with van der Waals surface area (Å²) in [6.45, 7) is 0. The monoisotopic (exact) mass is 337 g/mol. The Morgan fingerprint density at radius 1 is 0.0476 bits per heavy atom. The molecule has 0 aromatic rings. The average molecular weight is 337 g/mol. The van der Waals surface area contributed by atoms with Crippen molar-refractivity contribution in [2.75, 3.05) is 0 Å². The van der Waals surface area contributed by atoms with Crippen LogP contribution in [0.1, 0.15) is 156 Å². The highest BCUT2D eigenvalue weighted by Crippen LogP contribution is 0.164. The van der Waals surface area contributed by atoms with Gasteiger partial charge in [-0.3, -0.25) is 0 Å². The summed E-state index contributed by atoms with van der Waals surface area (Å²) in [5, 5.41) is 0. The molecule has 0 atom stereocenters. The van der Waals surface area contributed by atoms with Crippen molar-refractivity contribution >= 4 is 0 Å². The topological polar surface area (TPSA) is 0 Å². The molecule has 168 valence electrons. The van der Waals surface area contributed by atoms with Gasteiger partial charge >= 0.3 is 0 Å². The van der Waals surface area contributed by atoms with Crippen molar-refractivity contribution in [3.63, 3.8) is 0 Å². The summed E-state index contributed by atoms with van der Waals surface area (Å²) in [4.78, 5) is 0. The minimum absolute atomic E-state index is 0. The highest BCUT2D eigenvalue weighted by atomic mass is 12.0. The van der Waals surface area contributed by atoms with Crippen LogP contribution in [0, 0.1) is 0 Å². The Balaban J connectivity index is 0. The van der Waals surface area contributed by atoms with E-state index in [1.165, 1.54) is 0 Å². The Morgan fingerprint density at radius 3 is 0.0476 bits per heavy atom. The molecule has 0 aliphatic rings. The van der Waals surface area contributed by atoms with E-state index in [-0.39, 0.29) is 156 Å². The summed E-state index contributed by atoms with van der Waals surface area (Å²) in [5.41, 5.74) is 0. The lowest BCUT2D eigenvalue weighted by atomic mass is 12.0. The van der Waals surface area contributed by atoms with Gasteiger partial charge in [0.25, 0.3) is 0 Å². The molecule has 0 aromatic carbocycles. The first kappa shape index (κ1) is 0. The van der Waals surface area contributed by atoms with Crippen LogP contribution < -0.4 is 0 Å². The lowest BCUT2D eigenvalue weighted by Crippen LogP contribution is 0.143. The predicted molar refractivity (Wildman–Crippen MR) is 141 cm³/mol. The van der Waals surface area contributed by atoms with Crippen LogP contribution in [-0.2, 0) is 0 Å². The molecule has 0 spiro atoms. The van der Waals surface area contributed by atoms with E-state index in [0.717, 1.165) is 0 Å². The third-order valence-electron chi connectivity index (χ3n) is 0. The minimum Gasteiger partial charge on any atom is -0.0776 e. The maximum absolute atomic E-state index is 0. The first-order chi connectivity index (χ1) is 0. The molecule has 0 unspecified atom stereocenters. The molecule has 0 rings (SSSR count). The van der Waals surface area contributed by atoms with Crippen LogP contribution >= 0.6 is 0 Å². The highest BCUT2D eigenvalue weighted by Gasteiger charge is -0.0576. The molecule has 0 aliphatic carbocycles. The molecule has 0 saturated carbocycles. The van der Waals surface area contributed by atoms with Gasteiger partial charge in [-0.1, -0.05) is 156 Å². The molecule has 0 radical (unpaired) electrons. The molecular weight excluding hydrogens is 252 g/mol. The van der Waals surface area contributed by atoms with Crippen molar-refractivity contribution in [1.82, 2.24) is 0 Å². The minimum atomic E-state index is 0. The normalized spacial score (nSPS) is 0. The van der Waals surface area contributed by atoms with Crippen LogP contribution in [0.5, 0.6) is 0 Å². The zero-order chi connectivity index (χ0) is 0. The van der Waals surface area contributed by atoms with Crippen LogP contribution in [0.15, 0.2) is 0 Å². The lowest BCUT2D eigenvalue weighted by Gasteiger charge is -0.0786. The van der Waals surface area contributed by atoms with Crippen LogP contribution in [0.4, 0.5) is 0 Å². The first-order valence-corrected chi connectivity index (χ1v) is 0. The van der Waals surface area contributed by atoms with Crippen molar-refractivity contribution in [3.05, 3.63) is 0 Å². The van der Waals surface area contributed by atoms with Gasteiger partial charge in [-0.15, -0.1) is 0 Å². The van der Waals surface area contributed by atoms with E-state index in [4.69, 9.17) is 0 Å². The van der Waals surface area contributed by atoms with Crippen LogP contribution in [0.3, 0.4) is 0 Å². The molecule has 0 fully saturated rings. The summed E-state index contributed by atoms with van der Waals surface area (Å²) >= 11 is 0. The van der Waals surface area contributed by atoms with E-state index in [2.05, 4.69) is 0 Å². The highest BCUT2D eigenvalue weighted by molar-refractivity contribution is 2.52. The summed E-state index contributed by atoms with van der Waals surface area (Å²) in [7, 11) is 0. The van der Waals surface area contributed by atoms with E-state index in [0.29, 0.717) is 0 Å². The van der Waals surface area contributed by atoms with Crippen LogP contribution in [0.2, 0.25) is 0 Å². The van der Waals surface area contributed by atoms with Gasteiger partial charge in [0, 0.05) is 0 Å². The lowest BCUT2D eigenvalue weighted by molar-refractivity contribution is 2.50. The second-order valence-electron chi connectivity index (χ2n) is 0. The third kappa shape index (κ3) is 0. The van der Waals surface area contributed by atoms with Gasteiger partial charge in [0.15, 0.2) is 0 Å². The van der Waals surface area contributed by atoms with Gasteiger partial charge in [0.1, 0.15) is 0 Å². The molecule has 0 nitrogen and oxygen atoms in total. The number of hydrogen-bond donors (Lipinski definition) is 0. The largest absolute Gasteiger partial charge is 0.0776 e. The average Bonchev–Trinajstić information content (AvgIpc) is 0. The van der Waals surface area contributed by atoms with Crippen LogP contribution in [-0.4, -0.2) is 0 Å². The van der Waals surface area contributed by atoms with E-state index in [1.807, 2.05) is 0 Å². The van der Waals surface area contributed by atoms with Gasteiger partial charge < -0.3 is 0 Å². The fourth-order valence-electron chi connectivity index (χ4n) is 0. The molecule has 0 heteroatoms. The third-order valence-corrected chi connectivity index (χ3v) is 0. The van der Waals surface area contributed by atoms with Crippen molar-refractivity contribution in [2.45, 2.75) is 156 Å². The molecule has 0 saturated heterocycles. The molecule has 0 bridgehead atoms. The standard InChI is InChI=1S/21CH4/h21*1H4. The second kappa shape index (κ2) is 0. The molecule has 0 heterocycles. The smallest absolute Gasteiger partial charge is 0.0776 e. The zero-order valence-corrected chi connectivity index (χ0v) is 0. The van der Waals surface area contributed by atoms with Gasteiger partial charge in [-0.05, 0) is 0 Å². The molecular formula is C21H84. The van der Waals surface area contributed by atoms with E-state index in [9.17, 15) is 0 Å². The van der Waals surface area contributed by atoms with Crippen molar-refractivity contribution < 1.29 is 0 Å². The molecule has 0 amide bonds. The SMILES string of the molecule is C.C.C.C.C.C.C.C.C.C.C.C.C.C.C.C.C.C.C.C.C. The van der Waals surface area contributed by atoms with Crippen molar-refractivity contribution in [3.8, 4) is 0 Å². The summed E-state index contributed by atoms with van der Waals surface area (Å²) in [5.74, 6) is 0. The van der Waals surface area contributed by atoms with E-state index in [1.54, 1.807) is 0 Å². The van der Waals surface area contributed by atoms with Crippen molar-refractivity contribution in [1.29, 1.82) is 0 Å². The number of rotatable bonds is 0. The maximum atomic E-state index is 0. The Kier molecular flexibility index (Phi) is 0. The fraction of sp³-hybridized carbons (Fsp3) is 1.00. The van der Waals surface area contributed by atoms with Crippen LogP contribution in [0.25, 0.3) is 0 Å². The quantitative estimate of drug-likeness (QED) is 0.412. The second-order valence-corrected chi connectivity index (χ2v) is 0. The van der Waals surface area contributed by atoms with E-state index < -0.39 is 0 Å². The Bertz CT molecular complexity index is 0. The van der Waals surface area contributed by atoms with Gasteiger partial charge in [-0.2, -0.15) is 0 Å². The Labute approximate surface area is 156 Å². The van der Waals surface area contributed by atoms with Gasteiger partial charge in [0.05, 0.1) is 0 Å². The predicted octanol–water partition coefficient (Wildman–Crippen LogP) is 13.4.